The van der Waals surface area contributed by atoms with E-state index in [1.165, 1.54) is 0 Å². The van der Waals surface area contributed by atoms with Crippen molar-refractivity contribution in [2.45, 2.75) is 18.9 Å². The van der Waals surface area contributed by atoms with Gasteiger partial charge < -0.3 is 10.2 Å². The molecule has 0 radical (unpaired) electrons. The van der Waals surface area contributed by atoms with E-state index in [0.29, 0.717) is 0 Å². The predicted molar refractivity (Wildman–Crippen MR) is 84.1 cm³/mol. The second-order valence-electron chi connectivity index (χ2n) is 5.40. The predicted octanol–water partition coefficient (Wildman–Crippen LogP) is 3.58. The molecular formula is C18H20N2O. The molecule has 2 aromatic carbocycles. The number of nitrogens with zero attached hydrogens (tertiary/aromatic N) is 1. The van der Waals surface area contributed by atoms with E-state index in [0.717, 1.165) is 37.1 Å². The summed E-state index contributed by atoms with van der Waals surface area (Å²) in [5.74, 6) is 0. The molecule has 0 atom stereocenters. The first kappa shape index (κ1) is 13.7. The van der Waals surface area contributed by atoms with Gasteiger partial charge in [0.05, 0.1) is 6.04 Å². The lowest BCUT2D eigenvalue weighted by Gasteiger charge is -2.24. The Balaban J connectivity index is 1.84. The highest BCUT2D eigenvalue weighted by Crippen LogP contribution is 2.22. The van der Waals surface area contributed by atoms with Crippen molar-refractivity contribution < 1.29 is 4.79 Å². The van der Waals surface area contributed by atoms with E-state index < -0.39 is 0 Å². The summed E-state index contributed by atoms with van der Waals surface area (Å²) < 4.78 is 0. The average molecular weight is 280 g/mol. The summed E-state index contributed by atoms with van der Waals surface area (Å²) in [6.07, 6.45) is 2.21. The van der Waals surface area contributed by atoms with Crippen molar-refractivity contribution in [3.05, 3.63) is 71.8 Å². The summed E-state index contributed by atoms with van der Waals surface area (Å²) in [4.78, 5) is 14.3. The fraction of sp³-hybridized carbons (Fsp3) is 0.278. The first-order valence-electron chi connectivity index (χ1n) is 7.50. The Morgan fingerprint density at radius 1 is 0.857 bits per heavy atom. The molecule has 108 valence electrons. The van der Waals surface area contributed by atoms with Crippen molar-refractivity contribution in [2.75, 3.05) is 13.1 Å². The third-order valence-electron chi connectivity index (χ3n) is 3.93. The molecule has 0 saturated carbocycles. The van der Waals surface area contributed by atoms with Gasteiger partial charge in [0.25, 0.3) is 0 Å². The molecule has 3 nitrogen and oxygen atoms in total. The van der Waals surface area contributed by atoms with E-state index in [1.54, 1.807) is 0 Å². The largest absolute Gasteiger partial charge is 0.327 e. The third-order valence-corrected chi connectivity index (χ3v) is 3.93. The van der Waals surface area contributed by atoms with Crippen LogP contribution in [0.2, 0.25) is 0 Å². The van der Waals surface area contributed by atoms with Gasteiger partial charge in [-0.25, -0.2) is 4.79 Å². The lowest BCUT2D eigenvalue weighted by atomic mass is 9.99. The number of hydrogen-bond donors (Lipinski definition) is 1. The van der Waals surface area contributed by atoms with Gasteiger partial charge in [0.15, 0.2) is 0 Å². The molecule has 0 aromatic heterocycles. The topological polar surface area (TPSA) is 32.3 Å². The van der Waals surface area contributed by atoms with E-state index in [1.807, 2.05) is 41.3 Å². The highest BCUT2D eigenvalue weighted by Gasteiger charge is 2.22. The molecular weight excluding hydrogens is 260 g/mol. The summed E-state index contributed by atoms with van der Waals surface area (Å²) in [5.41, 5.74) is 2.22. The van der Waals surface area contributed by atoms with Crippen LogP contribution in [-0.4, -0.2) is 24.0 Å². The molecule has 1 fully saturated rings. The van der Waals surface area contributed by atoms with Crippen LogP contribution in [0.25, 0.3) is 0 Å². The van der Waals surface area contributed by atoms with Crippen LogP contribution in [0.4, 0.5) is 4.79 Å². The Hall–Kier alpha value is -2.29. The van der Waals surface area contributed by atoms with Crippen molar-refractivity contribution in [3.63, 3.8) is 0 Å². The lowest BCUT2D eigenvalue weighted by molar-refractivity contribution is 0.206. The number of urea groups is 1. The molecule has 3 heteroatoms. The van der Waals surface area contributed by atoms with Crippen LogP contribution >= 0.6 is 0 Å². The maximum absolute atomic E-state index is 12.4. The van der Waals surface area contributed by atoms with Crippen LogP contribution in [0, 0.1) is 0 Å². The number of rotatable bonds is 3. The van der Waals surface area contributed by atoms with Crippen LogP contribution in [0.3, 0.4) is 0 Å². The van der Waals surface area contributed by atoms with Gasteiger partial charge in [0.2, 0.25) is 0 Å². The monoisotopic (exact) mass is 280 g/mol. The Morgan fingerprint density at radius 3 is 1.81 bits per heavy atom. The Labute approximate surface area is 125 Å². The number of carbonyl (C=O) groups is 1. The van der Waals surface area contributed by atoms with Crippen molar-refractivity contribution in [2.24, 2.45) is 0 Å². The van der Waals surface area contributed by atoms with Gasteiger partial charge >= 0.3 is 6.03 Å². The molecule has 0 aliphatic carbocycles. The van der Waals surface area contributed by atoms with Gasteiger partial charge in [0, 0.05) is 13.1 Å². The molecule has 1 heterocycles. The van der Waals surface area contributed by atoms with Gasteiger partial charge in [-0.3, -0.25) is 0 Å². The summed E-state index contributed by atoms with van der Waals surface area (Å²) in [6.45, 7) is 1.73. The zero-order valence-electron chi connectivity index (χ0n) is 12.0. The standard InChI is InChI=1S/C18H20N2O/c21-18(20-13-7-8-14-20)19-17(15-9-3-1-4-10-15)16-11-5-2-6-12-16/h1-6,9-12,17H,7-8,13-14H2,(H,19,21). The minimum absolute atomic E-state index is 0.0326. The van der Waals surface area contributed by atoms with Crippen molar-refractivity contribution in [1.29, 1.82) is 0 Å². The molecule has 0 bridgehead atoms. The van der Waals surface area contributed by atoms with Gasteiger partial charge in [0.1, 0.15) is 0 Å². The molecule has 2 amide bonds. The first-order valence-corrected chi connectivity index (χ1v) is 7.50. The van der Waals surface area contributed by atoms with E-state index in [-0.39, 0.29) is 12.1 Å². The lowest BCUT2D eigenvalue weighted by Crippen LogP contribution is -2.40. The van der Waals surface area contributed by atoms with Gasteiger partial charge in [-0.1, -0.05) is 60.7 Å². The van der Waals surface area contributed by atoms with Gasteiger partial charge in [-0.15, -0.1) is 0 Å². The second-order valence-corrected chi connectivity index (χ2v) is 5.40. The van der Waals surface area contributed by atoms with E-state index >= 15 is 0 Å². The summed E-state index contributed by atoms with van der Waals surface area (Å²) in [5, 5.41) is 3.18. The number of benzene rings is 2. The molecule has 3 rings (SSSR count). The number of hydrogen-bond acceptors (Lipinski definition) is 1. The van der Waals surface area contributed by atoms with Crippen LogP contribution in [0.1, 0.15) is 30.0 Å². The summed E-state index contributed by atoms with van der Waals surface area (Å²) in [6, 6.07) is 20.2. The van der Waals surface area contributed by atoms with Crippen molar-refractivity contribution in [1.82, 2.24) is 10.2 Å². The minimum atomic E-state index is -0.0968. The van der Waals surface area contributed by atoms with Crippen LogP contribution < -0.4 is 5.32 Å². The molecule has 0 spiro atoms. The summed E-state index contributed by atoms with van der Waals surface area (Å²) >= 11 is 0. The van der Waals surface area contributed by atoms with Gasteiger partial charge in [-0.2, -0.15) is 0 Å². The van der Waals surface area contributed by atoms with Crippen molar-refractivity contribution >= 4 is 6.03 Å². The number of likely N-dealkylation sites (tertiary alicyclic amines) is 1. The zero-order valence-corrected chi connectivity index (χ0v) is 12.0. The summed E-state index contributed by atoms with van der Waals surface area (Å²) in [7, 11) is 0. The fourth-order valence-corrected chi connectivity index (χ4v) is 2.79. The average Bonchev–Trinajstić information content (AvgIpc) is 3.09. The van der Waals surface area contributed by atoms with E-state index in [2.05, 4.69) is 29.6 Å². The molecule has 1 aliphatic rings. The molecule has 1 saturated heterocycles. The van der Waals surface area contributed by atoms with Crippen LogP contribution in [0.5, 0.6) is 0 Å². The zero-order chi connectivity index (χ0) is 14.5. The molecule has 2 aromatic rings. The van der Waals surface area contributed by atoms with Crippen molar-refractivity contribution in [3.8, 4) is 0 Å². The number of nitrogens with one attached hydrogen (secondary N) is 1. The second kappa shape index (κ2) is 6.44. The Bertz CT molecular complexity index is 537. The Kier molecular flexibility index (Phi) is 4.20. The van der Waals surface area contributed by atoms with Gasteiger partial charge in [-0.05, 0) is 24.0 Å². The normalized spacial score (nSPS) is 14.4. The highest BCUT2D eigenvalue weighted by molar-refractivity contribution is 5.75. The molecule has 0 unspecified atom stereocenters. The number of amides is 2. The molecule has 1 N–H and O–H groups in total. The minimum Gasteiger partial charge on any atom is -0.327 e. The maximum atomic E-state index is 12.4. The fourth-order valence-electron chi connectivity index (χ4n) is 2.79. The Morgan fingerprint density at radius 2 is 1.33 bits per heavy atom. The van der Waals surface area contributed by atoms with Crippen LogP contribution in [-0.2, 0) is 0 Å². The third kappa shape index (κ3) is 3.24. The SMILES string of the molecule is O=C(NC(c1ccccc1)c1ccccc1)N1CCCC1. The smallest absolute Gasteiger partial charge is 0.318 e. The quantitative estimate of drug-likeness (QED) is 0.915. The molecule has 1 aliphatic heterocycles. The highest BCUT2D eigenvalue weighted by atomic mass is 16.2. The van der Waals surface area contributed by atoms with E-state index in [9.17, 15) is 4.79 Å². The number of carbonyl (C=O) groups excluding carboxylic acids is 1. The molecule has 21 heavy (non-hydrogen) atoms. The first-order chi connectivity index (χ1) is 10.3. The van der Waals surface area contributed by atoms with E-state index in [4.69, 9.17) is 0 Å². The maximum Gasteiger partial charge on any atom is 0.318 e. The van der Waals surface area contributed by atoms with Crippen LogP contribution in [0.15, 0.2) is 60.7 Å².